The summed E-state index contributed by atoms with van der Waals surface area (Å²) in [4.78, 5) is 81.1. The van der Waals surface area contributed by atoms with Gasteiger partial charge in [-0.3, -0.25) is 24.0 Å². The van der Waals surface area contributed by atoms with Gasteiger partial charge < -0.3 is 44.5 Å². The smallest absolute Gasteiger partial charge is 0.345 e. The van der Waals surface area contributed by atoms with Gasteiger partial charge in [0, 0.05) is 84.8 Å². The lowest BCUT2D eigenvalue weighted by molar-refractivity contribution is -0.137. The molecule has 0 spiro atoms. The summed E-state index contributed by atoms with van der Waals surface area (Å²) in [5.41, 5.74) is 11.8. The molecular weight excluding hydrogens is 1620 g/mol. The van der Waals surface area contributed by atoms with Crippen LogP contribution < -0.4 is 24.9 Å². The van der Waals surface area contributed by atoms with Crippen molar-refractivity contribution in [3.8, 4) is 11.6 Å². The number of hydroxylamine groups is 2. The number of nitrogens with two attached hydrogens (primary N) is 1. The first-order chi connectivity index (χ1) is 52.1. The number of anilines is 3. The average molecular weight is 1710 g/mol. The maximum Gasteiger partial charge on any atom is 0.345 e. The van der Waals surface area contributed by atoms with Gasteiger partial charge in [-0.2, -0.15) is 13.5 Å². The number of fused-ring (bicyclic) bond motifs is 1. The van der Waals surface area contributed by atoms with E-state index in [1.807, 2.05) is 139 Å². The van der Waals surface area contributed by atoms with Crippen LogP contribution in [0.4, 0.5) is 26.7 Å². The molecule has 21 nitrogen and oxygen atoms in total. The molecule has 110 heavy (non-hydrogen) atoms. The normalized spacial score (nSPS) is 11.1. The molecule has 0 fully saturated rings. The Kier molecular flexibility index (Phi) is 40.1. The molecular formula is C79H90Cl8N8O13S2. The number of carbonyl (C=O) groups excluding carboxylic acids is 5. The van der Waals surface area contributed by atoms with Crippen LogP contribution in [0.5, 0.6) is 11.6 Å². The van der Waals surface area contributed by atoms with E-state index in [2.05, 4.69) is 23.4 Å². The zero-order valence-corrected chi connectivity index (χ0v) is 71.0. The van der Waals surface area contributed by atoms with Gasteiger partial charge in [-0.05, 0) is 170 Å². The standard InChI is InChI=1S/C19H16Cl2N2O4S.C17H21NO2.C15H22ClNO2.C12H16ClNOS.C9H10Cl2N2O2.C7H5Cl2NO2/c1-11-4-7-14(8-5-11)28(25,26)27-19-17(12(2)22-23(19)3)18(24)15-9-6-13(20)10-16(15)21;1-4-18(5-2)17(19)13(3)20-16-12-8-10-14-9-6-7-11-15(14)16;1-5-13-8-6-7-11(2)15(13)17(14(18)9-16)12(3)10-19-4;1-3-14(4-2)12(15)16-9-10-5-7-11(13)8-6-10;1-13(15-2)9(14)12-6-3-4-7(10)8(11)5-6;8-3-1-4(7(11)12)6(9)5(10)2-3/h4-10H,1-3H3;6-13H,4-5H2,1-3H3;6-8,12H,5,9-10H2,1-4H3;5-8H,3-4,9H2,1-2H3;3-5H,1-2H3,(H,12,14);1-2H,10H2,(H,11,12). The van der Waals surface area contributed by atoms with E-state index in [-0.39, 0.29) is 77.2 Å². The second-order valence-electron chi connectivity index (χ2n) is 23.8. The highest BCUT2D eigenvalue weighted by Gasteiger charge is 2.30. The van der Waals surface area contributed by atoms with Gasteiger partial charge in [0.1, 0.15) is 22.1 Å². The van der Waals surface area contributed by atoms with E-state index in [9.17, 15) is 37.2 Å². The second-order valence-corrected chi connectivity index (χ2v) is 29.5. The predicted molar refractivity (Wildman–Crippen MR) is 448 cm³/mol. The van der Waals surface area contributed by atoms with Crippen LogP contribution in [-0.2, 0) is 48.5 Å². The predicted octanol–water partition coefficient (Wildman–Crippen LogP) is 20.3. The topological polar surface area (TPSA) is 263 Å². The Morgan fingerprint density at radius 1 is 0.682 bits per heavy atom. The lowest BCUT2D eigenvalue weighted by Crippen LogP contribution is -2.43. The van der Waals surface area contributed by atoms with Crippen LogP contribution in [-0.4, -0.2) is 145 Å². The number of para-hydroxylation sites is 1. The number of methoxy groups -OCH3 is 1. The number of halogens is 8. The van der Waals surface area contributed by atoms with Crippen molar-refractivity contribution < 1.29 is 60.8 Å². The summed E-state index contributed by atoms with van der Waals surface area (Å²) >= 11 is 47.6. The Morgan fingerprint density at radius 2 is 1.29 bits per heavy atom. The molecule has 0 aliphatic rings. The van der Waals surface area contributed by atoms with Crippen molar-refractivity contribution in [2.75, 3.05) is 75.9 Å². The van der Waals surface area contributed by atoms with Crippen molar-refractivity contribution in [3.05, 3.63) is 238 Å². The van der Waals surface area contributed by atoms with Crippen LogP contribution in [0, 0.1) is 20.8 Å². The summed E-state index contributed by atoms with van der Waals surface area (Å²) in [6.45, 7) is 22.7. The highest BCUT2D eigenvalue weighted by Crippen LogP contribution is 2.34. The fourth-order valence-corrected chi connectivity index (χ4v) is 13.6. The number of hydrogen-bond acceptors (Lipinski definition) is 15. The number of carbonyl (C=O) groups is 6. The lowest BCUT2D eigenvalue weighted by Gasteiger charge is -2.31. The number of carboxylic acids is 1. The molecule has 9 aromatic rings. The number of carboxylic acid groups (broad SMARTS) is 1. The number of nitrogens with one attached hydrogen (secondary N) is 1. The van der Waals surface area contributed by atoms with Crippen molar-refractivity contribution in [1.29, 1.82) is 0 Å². The number of ketones is 1. The number of rotatable bonds is 23. The molecule has 0 radical (unpaired) electrons. The molecule has 4 N–H and O–H groups in total. The van der Waals surface area contributed by atoms with E-state index >= 15 is 0 Å². The molecule has 0 saturated carbocycles. The Balaban J connectivity index is 0.000000284. The van der Waals surface area contributed by atoms with Gasteiger partial charge in [-0.15, -0.1) is 11.6 Å². The largest absolute Gasteiger partial charge is 0.480 e. The van der Waals surface area contributed by atoms with Gasteiger partial charge in [0.05, 0.1) is 62.5 Å². The number of nitrogen functional groups attached to an aromatic ring is 1. The molecule has 8 aromatic carbocycles. The number of hydrogen-bond donors (Lipinski definition) is 3. The molecule has 592 valence electrons. The molecule has 9 rings (SSSR count). The summed E-state index contributed by atoms with van der Waals surface area (Å²) < 4.78 is 42.9. The van der Waals surface area contributed by atoms with Gasteiger partial charge in [-0.25, -0.2) is 19.3 Å². The summed E-state index contributed by atoms with van der Waals surface area (Å²) in [6.07, 6.45) is 0.406. The number of likely N-dealkylation sites (N-methyl/N-ethyl adjacent to an activating group) is 1. The quantitative estimate of drug-likeness (QED) is 0.0177. The Morgan fingerprint density at radius 3 is 1.86 bits per heavy atom. The van der Waals surface area contributed by atoms with Crippen LogP contribution in [0.25, 0.3) is 10.8 Å². The molecule has 31 heteroatoms. The SMILES string of the molecule is CCN(CC)C(=O)C(C)Oc1cccc2ccccc12.CCN(CC)C(=O)SCc1ccc(Cl)cc1.CCc1cccc(C)c1N(C(=O)CCl)C(C)COC.CON(C)C(=O)Nc1ccc(Cl)c(Cl)c1.Cc1ccc(S(=O)(=O)Oc2c(C(=O)c3ccc(Cl)cc3Cl)c(C)nn2C)cc1.Nc1cc(Cl)cc(C(=O)O)c1Cl. The minimum atomic E-state index is -4.16. The molecule has 0 bridgehead atoms. The van der Waals surface area contributed by atoms with Gasteiger partial charge in [0.25, 0.3) is 11.1 Å². The molecule has 5 amide bonds. The number of urea groups is 1. The highest BCUT2D eigenvalue weighted by molar-refractivity contribution is 8.12. The maximum atomic E-state index is 13.0. The van der Waals surface area contributed by atoms with Crippen LogP contribution >= 0.6 is 105 Å². The van der Waals surface area contributed by atoms with Crippen molar-refractivity contribution in [2.24, 2.45) is 7.05 Å². The molecule has 1 heterocycles. The fraction of sp³-hybridized carbons (Fsp3) is 0.304. The number of ether oxygens (including phenoxy) is 2. The Bertz CT molecular complexity index is 4680. The van der Waals surface area contributed by atoms with E-state index in [1.165, 1.54) is 80.1 Å². The Hall–Kier alpha value is -8.01. The van der Waals surface area contributed by atoms with E-state index in [4.69, 9.17) is 122 Å². The summed E-state index contributed by atoms with van der Waals surface area (Å²) in [5, 5.41) is 21.0. The van der Waals surface area contributed by atoms with Gasteiger partial charge >= 0.3 is 22.1 Å². The van der Waals surface area contributed by atoms with Crippen LogP contribution in [0.15, 0.2) is 163 Å². The number of alkyl halides is 1. The number of nitrogens with zero attached hydrogens (tertiary/aromatic N) is 6. The summed E-state index contributed by atoms with van der Waals surface area (Å²) in [7, 11) is 1.86. The second kappa shape index (κ2) is 46.7. The molecule has 0 aliphatic carbocycles. The first-order valence-corrected chi connectivity index (χ1v) is 39.7. The number of amides is 5. The number of thioether (sulfide) groups is 1. The average Bonchev–Trinajstić information content (AvgIpc) is 1.42. The van der Waals surface area contributed by atoms with E-state index in [0.717, 1.165) is 74.1 Å². The zero-order chi connectivity index (χ0) is 82.3. The van der Waals surface area contributed by atoms with E-state index in [0.29, 0.717) is 51.9 Å². The fourth-order valence-electron chi connectivity index (χ4n) is 10.2. The number of aromatic carboxylic acids is 1. The first-order valence-electron chi connectivity index (χ1n) is 34.2. The maximum absolute atomic E-state index is 13.0. The summed E-state index contributed by atoms with van der Waals surface area (Å²) in [6, 6.07) is 45.3. The minimum absolute atomic E-state index is 0.0161. The molecule has 2 unspecified atom stereocenters. The van der Waals surface area contributed by atoms with Gasteiger partial charge in [-0.1, -0.05) is 184 Å². The van der Waals surface area contributed by atoms with Gasteiger partial charge in [0.15, 0.2) is 6.10 Å². The molecule has 0 saturated heterocycles. The first kappa shape index (κ1) is 94.4. The minimum Gasteiger partial charge on any atom is -0.480 e. The van der Waals surface area contributed by atoms with Crippen LogP contribution in [0.3, 0.4) is 0 Å². The van der Waals surface area contributed by atoms with E-state index < -0.39 is 34.0 Å². The third-order valence-corrected chi connectivity index (χ3v) is 20.7. The van der Waals surface area contributed by atoms with Crippen molar-refractivity contribution in [3.63, 3.8) is 0 Å². The summed E-state index contributed by atoms with van der Waals surface area (Å²) in [5.74, 6) is -0.461. The molecule has 0 aliphatic heterocycles. The monoisotopic (exact) mass is 1700 g/mol. The zero-order valence-electron chi connectivity index (χ0n) is 63.3. The Labute approximate surface area is 688 Å². The van der Waals surface area contributed by atoms with Crippen LogP contribution in [0.2, 0.25) is 35.2 Å². The van der Waals surface area contributed by atoms with Crippen molar-refractivity contribution in [2.45, 2.75) is 98.5 Å². The molecule has 1 aromatic heterocycles. The lowest BCUT2D eigenvalue weighted by atomic mass is 10.0. The van der Waals surface area contributed by atoms with Crippen molar-refractivity contribution in [1.82, 2.24) is 24.6 Å². The number of aromatic nitrogens is 2. The number of benzene rings is 8. The molecule has 2 atom stereocenters. The van der Waals surface area contributed by atoms with Gasteiger partial charge in [0.2, 0.25) is 17.6 Å². The third-order valence-electron chi connectivity index (χ3n) is 16.0. The highest BCUT2D eigenvalue weighted by atomic mass is 35.5. The van der Waals surface area contributed by atoms with Crippen LogP contribution in [0.1, 0.15) is 103 Å². The van der Waals surface area contributed by atoms with E-state index in [1.54, 1.807) is 54.2 Å². The third kappa shape index (κ3) is 28.3. The number of aryl methyl sites for hydroxylation is 5. The van der Waals surface area contributed by atoms with Crippen molar-refractivity contribution >= 4 is 177 Å².